The molecule has 0 radical (unpaired) electrons. The molecule has 19 heavy (non-hydrogen) atoms. The van der Waals surface area contributed by atoms with Gasteiger partial charge >= 0.3 is 0 Å². The molecule has 6 heteroatoms. The number of oxime groups is 1. The lowest BCUT2D eigenvalue weighted by molar-refractivity contribution is -0.118. The summed E-state index contributed by atoms with van der Waals surface area (Å²) in [6.45, 7) is 3.79. The minimum atomic E-state index is -0.645. The number of hydrogen-bond donors (Lipinski definition) is 3. The summed E-state index contributed by atoms with van der Waals surface area (Å²) >= 11 is 5.89. The molecule has 0 bridgehead atoms. The Morgan fingerprint density at radius 3 is 2.84 bits per heavy atom. The SMILES string of the molecule is CCCC(C(=O)Nc1cc(Cl)ccc1C)C(N)=NO. The molecule has 0 fully saturated rings. The van der Waals surface area contributed by atoms with Gasteiger partial charge in [0.25, 0.3) is 0 Å². The van der Waals surface area contributed by atoms with Crippen LogP contribution in [0, 0.1) is 12.8 Å². The number of carbonyl (C=O) groups excluding carboxylic acids is 1. The third-order valence-electron chi connectivity index (χ3n) is 2.82. The number of hydrogen-bond acceptors (Lipinski definition) is 3. The molecule has 0 saturated carbocycles. The van der Waals surface area contributed by atoms with Gasteiger partial charge in [-0.25, -0.2) is 0 Å². The maximum absolute atomic E-state index is 12.1. The maximum Gasteiger partial charge on any atom is 0.235 e. The number of amides is 1. The molecule has 5 nitrogen and oxygen atoms in total. The first-order valence-electron chi connectivity index (χ1n) is 6.04. The first-order chi connectivity index (χ1) is 8.99. The summed E-state index contributed by atoms with van der Waals surface area (Å²) < 4.78 is 0. The zero-order valence-electron chi connectivity index (χ0n) is 11.0. The number of halogens is 1. The Kier molecular flexibility index (Phi) is 5.63. The molecule has 0 heterocycles. The smallest absolute Gasteiger partial charge is 0.235 e. The quantitative estimate of drug-likeness (QED) is 0.336. The van der Waals surface area contributed by atoms with Gasteiger partial charge < -0.3 is 16.3 Å². The summed E-state index contributed by atoms with van der Waals surface area (Å²) in [4.78, 5) is 12.1. The monoisotopic (exact) mass is 283 g/mol. The molecule has 1 aromatic carbocycles. The van der Waals surface area contributed by atoms with Gasteiger partial charge in [0, 0.05) is 10.7 Å². The third kappa shape index (κ3) is 4.13. The van der Waals surface area contributed by atoms with Crippen LogP contribution in [0.4, 0.5) is 5.69 Å². The number of aryl methyl sites for hydroxylation is 1. The average Bonchev–Trinajstić information content (AvgIpc) is 2.39. The minimum Gasteiger partial charge on any atom is -0.409 e. The fourth-order valence-corrected chi connectivity index (χ4v) is 1.89. The van der Waals surface area contributed by atoms with E-state index in [4.69, 9.17) is 22.5 Å². The molecule has 0 aliphatic heterocycles. The number of benzene rings is 1. The Labute approximate surface area is 117 Å². The van der Waals surface area contributed by atoms with E-state index in [0.29, 0.717) is 17.1 Å². The number of nitrogens with one attached hydrogen (secondary N) is 1. The average molecular weight is 284 g/mol. The number of rotatable bonds is 5. The number of nitrogens with two attached hydrogens (primary N) is 1. The normalized spacial score (nSPS) is 13.1. The minimum absolute atomic E-state index is 0.0842. The third-order valence-corrected chi connectivity index (χ3v) is 3.06. The topological polar surface area (TPSA) is 87.7 Å². The van der Waals surface area contributed by atoms with Crippen LogP contribution in [0.1, 0.15) is 25.3 Å². The summed E-state index contributed by atoms with van der Waals surface area (Å²) in [7, 11) is 0. The molecule has 0 aliphatic rings. The van der Waals surface area contributed by atoms with Crippen LogP contribution in [0.25, 0.3) is 0 Å². The van der Waals surface area contributed by atoms with Crippen LogP contribution in [0.5, 0.6) is 0 Å². The Morgan fingerprint density at radius 2 is 2.26 bits per heavy atom. The molecule has 1 rings (SSSR count). The van der Waals surface area contributed by atoms with Crippen molar-refractivity contribution in [2.45, 2.75) is 26.7 Å². The van der Waals surface area contributed by atoms with Gasteiger partial charge in [0.15, 0.2) is 5.84 Å². The van der Waals surface area contributed by atoms with Crippen molar-refractivity contribution >= 4 is 29.0 Å². The fourth-order valence-electron chi connectivity index (χ4n) is 1.72. The van der Waals surface area contributed by atoms with Crippen molar-refractivity contribution in [3.05, 3.63) is 28.8 Å². The number of amidine groups is 1. The zero-order chi connectivity index (χ0) is 14.4. The van der Waals surface area contributed by atoms with E-state index in [-0.39, 0.29) is 11.7 Å². The van der Waals surface area contributed by atoms with Crippen LogP contribution in [-0.2, 0) is 4.79 Å². The molecule has 1 unspecified atom stereocenters. The Bertz CT molecular complexity index is 489. The van der Waals surface area contributed by atoms with Crippen LogP contribution in [0.2, 0.25) is 5.02 Å². The van der Waals surface area contributed by atoms with E-state index >= 15 is 0 Å². The summed E-state index contributed by atoms with van der Waals surface area (Å²) in [5.41, 5.74) is 7.06. The molecule has 0 aliphatic carbocycles. The largest absolute Gasteiger partial charge is 0.409 e. The molecule has 1 atom stereocenters. The van der Waals surface area contributed by atoms with Crippen molar-refractivity contribution in [2.75, 3.05) is 5.32 Å². The van der Waals surface area contributed by atoms with Gasteiger partial charge in [0.2, 0.25) is 5.91 Å². The Hall–Kier alpha value is -1.75. The highest BCUT2D eigenvalue weighted by atomic mass is 35.5. The van der Waals surface area contributed by atoms with Crippen LogP contribution in [-0.4, -0.2) is 17.0 Å². The zero-order valence-corrected chi connectivity index (χ0v) is 11.7. The summed E-state index contributed by atoms with van der Waals surface area (Å²) in [5, 5.41) is 14.9. The van der Waals surface area contributed by atoms with Gasteiger partial charge in [0.1, 0.15) is 0 Å². The van der Waals surface area contributed by atoms with Crippen molar-refractivity contribution in [2.24, 2.45) is 16.8 Å². The summed E-state index contributed by atoms with van der Waals surface area (Å²) in [6.07, 6.45) is 1.27. The lowest BCUT2D eigenvalue weighted by Gasteiger charge is -2.16. The highest BCUT2D eigenvalue weighted by Gasteiger charge is 2.22. The lowest BCUT2D eigenvalue weighted by Crippen LogP contribution is -2.34. The van der Waals surface area contributed by atoms with E-state index in [2.05, 4.69) is 10.5 Å². The first kappa shape index (κ1) is 15.3. The van der Waals surface area contributed by atoms with Crippen LogP contribution < -0.4 is 11.1 Å². The molecule has 0 aromatic heterocycles. The van der Waals surface area contributed by atoms with Crippen LogP contribution in [0.15, 0.2) is 23.4 Å². The van der Waals surface area contributed by atoms with Crippen molar-refractivity contribution in [1.82, 2.24) is 0 Å². The Morgan fingerprint density at radius 1 is 1.58 bits per heavy atom. The summed E-state index contributed by atoms with van der Waals surface area (Å²) in [5.74, 6) is -1.03. The van der Waals surface area contributed by atoms with Crippen LogP contribution in [0.3, 0.4) is 0 Å². The number of carbonyl (C=O) groups is 1. The van der Waals surface area contributed by atoms with E-state index in [1.165, 1.54) is 0 Å². The Balaban J connectivity index is 2.90. The lowest BCUT2D eigenvalue weighted by atomic mass is 10.0. The van der Waals surface area contributed by atoms with Crippen molar-refractivity contribution in [3.8, 4) is 0 Å². The van der Waals surface area contributed by atoms with Crippen LogP contribution >= 0.6 is 11.6 Å². The van der Waals surface area contributed by atoms with Gasteiger partial charge in [0.05, 0.1) is 5.92 Å². The van der Waals surface area contributed by atoms with Gasteiger partial charge in [-0.05, 0) is 31.0 Å². The molecule has 0 spiro atoms. The second-order valence-electron chi connectivity index (χ2n) is 4.31. The maximum atomic E-state index is 12.1. The van der Waals surface area contributed by atoms with Crippen molar-refractivity contribution in [1.29, 1.82) is 0 Å². The summed E-state index contributed by atoms with van der Waals surface area (Å²) in [6, 6.07) is 5.24. The molecule has 104 valence electrons. The highest BCUT2D eigenvalue weighted by Crippen LogP contribution is 2.21. The van der Waals surface area contributed by atoms with Gasteiger partial charge in [-0.15, -0.1) is 0 Å². The molecule has 4 N–H and O–H groups in total. The fraction of sp³-hybridized carbons (Fsp3) is 0.385. The molecule has 1 aromatic rings. The second-order valence-corrected chi connectivity index (χ2v) is 4.75. The molecule has 0 saturated heterocycles. The molecule has 1 amide bonds. The number of anilines is 1. The van der Waals surface area contributed by atoms with Crippen molar-refractivity contribution < 1.29 is 10.0 Å². The van der Waals surface area contributed by atoms with Gasteiger partial charge in [-0.1, -0.05) is 36.2 Å². The predicted octanol–water partition coefficient (Wildman–Crippen LogP) is 2.75. The second kappa shape index (κ2) is 6.99. The van der Waals surface area contributed by atoms with Crippen molar-refractivity contribution in [3.63, 3.8) is 0 Å². The van der Waals surface area contributed by atoms with E-state index in [9.17, 15) is 4.79 Å². The highest BCUT2D eigenvalue weighted by molar-refractivity contribution is 6.31. The predicted molar refractivity (Wildman–Crippen MR) is 76.6 cm³/mol. The van der Waals surface area contributed by atoms with E-state index in [0.717, 1.165) is 12.0 Å². The first-order valence-corrected chi connectivity index (χ1v) is 6.41. The standard InChI is InChI=1S/C13H18ClN3O2/c1-3-4-10(12(15)17-19)13(18)16-11-7-9(14)6-5-8(11)2/h5-7,10,19H,3-4H2,1-2H3,(H2,15,17)(H,16,18). The number of nitrogens with zero attached hydrogens (tertiary/aromatic N) is 1. The van der Waals surface area contributed by atoms with E-state index in [1.54, 1.807) is 12.1 Å². The van der Waals surface area contributed by atoms with E-state index < -0.39 is 5.92 Å². The molecular formula is C13H18ClN3O2. The van der Waals surface area contributed by atoms with E-state index in [1.807, 2.05) is 19.9 Å². The van der Waals surface area contributed by atoms with Gasteiger partial charge in [-0.2, -0.15) is 0 Å². The van der Waals surface area contributed by atoms with Gasteiger partial charge in [-0.3, -0.25) is 4.79 Å². The molecular weight excluding hydrogens is 266 g/mol.